The number of aryl methyl sites for hydroxylation is 2. The number of allylic oxidation sites excluding steroid dienone is 2. The second-order valence-electron chi connectivity index (χ2n) is 7.48. The van der Waals surface area contributed by atoms with Crippen LogP contribution >= 0.6 is 0 Å². The molecule has 2 aliphatic rings. The van der Waals surface area contributed by atoms with Gasteiger partial charge in [0.1, 0.15) is 21.3 Å². The highest BCUT2D eigenvalue weighted by Crippen LogP contribution is 2.31. The zero-order chi connectivity index (χ0) is 21.2. The maximum atomic E-state index is 9.63. The van der Waals surface area contributed by atoms with E-state index in [1.165, 1.54) is 22.3 Å². The number of ether oxygens (including phenoxy) is 1. The Labute approximate surface area is 172 Å². The fraction of sp³-hybridized carbons (Fsp3) is 0.261. The van der Waals surface area contributed by atoms with E-state index in [2.05, 4.69) is 61.3 Å². The number of nitrogens with one attached hydrogen (secondary N) is 1. The maximum absolute atomic E-state index is 9.63. The minimum absolute atomic E-state index is 0.813. The lowest BCUT2D eigenvalue weighted by atomic mass is 10.1. The van der Waals surface area contributed by atoms with Crippen molar-refractivity contribution in [2.24, 2.45) is 4.99 Å². The predicted molar refractivity (Wildman–Crippen MR) is 120 cm³/mol. The molecule has 1 N–H and O–H groups in total. The van der Waals surface area contributed by atoms with E-state index in [0.717, 1.165) is 47.5 Å². The summed E-state index contributed by atoms with van der Waals surface area (Å²) in [4.78, 5) is 8.19. The van der Waals surface area contributed by atoms with E-state index in [0.29, 0.717) is 0 Å². The molecule has 6 heteroatoms. The molecule has 0 saturated carbocycles. The fourth-order valence-electron chi connectivity index (χ4n) is 3.33. The Morgan fingerprint density at radius 1 is 1.14 bits per heavy atom. The van der Waals surface area contributed by atoms with Crippen molar-refractivity contribution in [3.8, 4) is 0 Å². The Kier molecular flexibility index (Phi) is 5.94. The first-order valence-electron chi connectivity index (χ1n) is 9.30. The summed E-state index contributed by atoms with van der Waals surface area (Å²) in [5.74, 6) is 0.813. The van der Waals surface area contributed by atoms with Crippen molar-refractivity contribution >= 4 is 27.7 Å². The highest BCUT2D eigenvalue weighted by molar-refractivity contribution is 7.89. The Morgan fingerprint density at radius 3 is 2.41 bits per heavy atom. The van der Waals surface area contributed by atoms with Crippen molar-refractivity contribution in [2.45, 2.75) is 20.3 Å². The largest absolute Gasteiger partial charge is 0.494 e. The Bertz CT molecular complexity index is 1150. The summed E-state index contributed by atoms with van der Waals surface area (Å²) in [6.07, 6.45) is 9.57. The number of benzene rings is 1. The molecule has 0 saturated heterocycles. The SMILES string of the molecule is COC1=CC(C2=Cc3ccccc3C2)=N/C1=C\c1[nH]c(C)cc1C.CS(C)(=O)=O. The van der Waals surface area contributed by atoms with Gasteiger partial charge in [0, 0.05) is 36.4 Å². The van der Waals surface area contributed by atoms with Gasteiger partial charge in [-0.3, -0.25) is 0 Å². The van der Waals surface area contributed by atoms with Crippen molar-refractivity contribution in [1.82, 2.24) is 4.98 Å². The molecular formula is C23H26N2O3S. The van der Waals surface area contributed by atoms with Gasteiger partial charge in [-0.05, 0) is 54.3 Å². The first-order chi connectivity index (χ1) is 13.6. The summed E-state index contributed by atoms with van der Waals surface area (Å²) in [6.45, 7) is 4.16. The number of rotatable bonds is 3. The first kappa shape index (κ1) is 20.9. The van der Waals surface area contributed by atoms with E-state index < -0.39 is 9.84 Å². The van der Waals surface area contributed by atoms with E-state index >= 15 is 0 Å². The van der Waals surface area contributed by atoms with Crippen molar-refractivity contribution in [2.75, 3.05) is 19.6 Å². The monoisotopic (exact) mass is 410 g/mol. The van der Waals surface area contributed by atoms with Crippen LogP contribution in [0.3, 0.4) is 0 Å². The van der Waals surface area contributed by atoms with Gasteiger partial charge >= 0.3 is 0 Å². The third-order valence-electron chi connectivity index (χ3n) is 4.55. The van der Waals surface area contributed by atoms with E-state index in [1.54, 1.807) is 7.11 Å². The molecular weight excluding hydrogens is 384 g/mol. The van der Waals surface area contributed by atoms with Crippen LogP contribution in [0, 0.1) is 13.8 Å². The topological polar surface area (TPSA) is 71.5 Å². The van der Waals surface area contributed by atoms with Crippen molar-refractivity contribution in [3.63, 3.8) is 0 Å². The normalized spacial score (nSPS) is 16.6. The lowest BCUT2D eigenvalue weighted by Gasteiger charge is -2.01. The van der Waals surface area contributed by atoms with E-state index in [1.807, 2.05) is 6.08 Å². The summed E-state index contributed by atoms with van der Waals surface area (Å²) in [5, 5.41) is 0. The molecule has 0 amide bonds. The smallest absolute Gasteiger partial charge is 0.146 e. The minimum Gasteiger partial charge on any atom is -0.494 e. The molecule has 0 bridgehead atoms. The van der Waals surface area contributed by atoms with Gasteiger partial charge in [-0.1, -0.05) is 24.3 Å². The molecule has 29 heavy (non-hydrogen) atoms. The summed E-state index contributed by atoms with van der Waals surface area (Å²) in [6, 6.07) is 10.6. The second kappa shape index (κ2) is 8.25. The van der Waals surface area contributed by atoms with Crippen LogP contribution in [0.25, 0.3) is 12.2 Å². The van der Waals surface area contributed by atoms with Crippen LogP contribution in [0.4, 0.5) is 0 Å². The summed E-state index contributed by atoms with van der Waals surface area (Å²) in [5.41, 5.74) is 9.20. The summed E-state index contributed by atoms with van der Waals surface area (Å²) >= 11 is 0. The zero-order valence-electron chi connectivity index (χ0n) is 17.4. The molecule has 0 unspecified atom stereocenters. The van der Waals surface area contributed by atoms with Crippen molar-refractivity contribution in [3.05, 3.63) is 81.5 Å². The lowest BCUT2D eigenvalue weighted by molar-refractivity contribution is 0.303. The van der Waals surface area contributed by atoms with E-state index in [-0.39, 0.29) is 0 Å². The lowest BCUT2D eigenvalue weighted by Crippen LogP contribution is -1.96. The van der Waals surface area contributed by atoms with Gasteiger partial charge in [-0.25, -0.2) is 13.4 Å². The molecule has 1 aromatic heterocycles. The van der Waals surface area contributed by atoms with Gasteiger partial charge < -0.3 is 9.72 Å². The van der Waals surface area contributed by atoms with E-state index in [9.17, 15) is 8.42 Å². The minimum atomic E-state index is -2.67. The number of sulfone groups is 1. The molecule has 1 aromatic carbocycles. The Hall–Kier alpha value is -2.86. The fourth-order valence-corrected chi connectivity index (χ4v) is 3.33. The van der Waals surface area contributed by atoms with Gasteiger partial charge in [0.2, 0.25) is 0 Å². The third kappa shape index (κ3) is 5.35. The number of aliphatic imine (C=N–C) groups is 1. The third-order valence-corrected chi connectivity index (χ3v) is 4.55. The van der Waals surface area contributed by atoms with Crippen LogP contribution in [-0.4, -0.2) is 38.7 Å². The number of fused-ring (bicyclic) bond motifs is 1. The summed E-state index contributed by atoms with van der Waals surface area (Å²) < 4.78 is 24.8. The average Bonchev–Trinajstić information content (AvgIpc) is 3.30. The van der Waals surface area contributed by atoms with E-state index in [4.69, 9.17) is 9.73 Å². The van der Waals surface area contributed by atoms with Gasteiger partial charge in [-0.2, -0.15) is 0 Å². The zero-order valence-corrected chi connectivity index (χ0v) is 18.2. The number of hydrogen-bond donors (Lipinski definition) is 1. The van der Waals surface area contributed by atoms with Crippen LogP contribution in [0.1, 0.15) is 28.1 Å². The number of nitrogens with zero attached hydrogens (tertiary/aromatic N) is 1. The molecule has 0 fully saturated rings. The van der Waals surface area contributed by atoms with Gasteiger partial charge in [0.15, 0.2) is 0 Å². The molecule has 0 radical (unpaired) electrons. The van der Waals surface area contributed by atoms with Crippen LogP contribution < -0.4 is 0 Å². The number of hydrogen-bond acceptors (Lipinski definition) is 4. The highest BCUT2D eigenvalue weighted by Gasteiger charge is 2.22. The molecule has 1 aliphatic heterocycles. The van der Waals surface area contributed by atoms with Gasteiger partial charge in [0.05, 0.1) is 12.8 Å². The Balaban J connectivity index is 0.000000431. The maximum Gasteiger partial charge on any atom is 0.146 e. The average molecular weight is 411 g/mol. The van der Waals surface area contributed by atoms with Crippen LogP contribution in [-0.2, 0) is 21.0 Å². The van der Waals surface area contributed by atoms with Crippen molar-refractivity contribution < 1.29 is 13.2 Å². The molecule has 0 atom stereocenters. The molecule has 4 rings (SSSR count). The van der Waals surface area contributed by atoms with Crippen molar-refractivity contribution in [1.29, 1.82) is 0 Å². The molecule has 2 heterocycles. The summed E-state index contributed by atoms with van der Waals surface area (Å²) in [7, 11) is -0.970. The van der Waals surface area contributed by atoms with Crippen LogP contribution in [0.5, 0.6) is 0 Å². The highest BCUT2D eigenvalue weighted by atomic mass is 32.2. The predicted octanol–water partition coefficient (Wildman–Crippen LogP) is 4.26. The molecule has 1 aliphatic carbocycles. The van der Waals surface area contributed by atoms with Crippen LogP contribution in [0.2, 0.25) is 0 Å². The standard InChI is InChI=1S/C21H20N2O.C2H6O2S/c1-13-8-14(2)22-18(13)11-20-21(24-3)12-19(23-20)17-9-15-6-4-5-7-16(15)10-17;1-5(2,3)4/h4-9,11-12,22H,10H2,1-3H3;1-2H3/b20-11-;. The Morgan fingerprint density at radius 2 is 1.83 bits per heavy atom. The molecule has 152 valence electrons. The number of aromatic nitrogens is 1. The molecule has 0 spiro atoms. The van der Waals surface area contributed by atoms with Gasteiger partial charge in [-0.15, -0.1) is 0 Å². The number of H-pyrrole nitrogens is 1. The molecule has 5 nitrogen and oxygen atoms in total. The second-order valence-corrected chi connectivity index (χ2v) is 9.76. The molecule has 2 aromatic rings. The number of aromatic amines is 1. The quantitative estimate of drug-likeness (QED) is 0.822. The number of methoxy groups -OCH3 is 1. The van der Waals surface area contributed by atoms with Gasteiger partial charge in [0.25, 0.3) is 0 Å². The van der Waals surface area contributed by atoms with Crippen LogP contribution in [0.15, 0.2) is 58.4 Å². The first-order valence-corrected chi connectivity index (χ1v) is 11.6.